The second kappa shape index (κ2) is 4.55. The van der Waals surface area contributed by atoms with Crippen LogP contribution < -0.4 is 4.74 Å². The van der Waals surface area contributed by atoms with Crippen LogP contribution in [-0.2, 0) is 9.59 Å². The predicted octanol–water partition coefficient (Wildman–Crippen LogP) is 2.35. The highest BCUT2D eigenvalue weighted by Crippen LogP contribution is 2.36. The third-order valence-corrected chi connectivity index (χ3v) is 4.13. The fraction of sp³-hybridized carbons (Fsp3) is 0.312. The van der Waals surface area contributed by atoms with Crippen molar-refractivity contribution in [3.63, 3.8) is 0 Å². The Balaban J connectivity index is 1.65. The van der Waals surface area contributed by atoms with E-state index in [1.165, 1.54) is 11.1 Å². The first-order chi connectivity index (χ1) is 10.3. The highest BCUT2D eigenvalue weighted by atomic mass is 16.5. The molecule has 2 heterocycles. The van der Waals surface area contributed by atoms with Crippen LogP contribution in [0, 0.1) is 0 Å². The Morgan fingerprint density at radius 1 is 1.05 bits per heavy atom. The van der Waals surface area contributed by atoms with Gasteiger partial charge in [-0.05, 0) is 37.8 Å². The quantitative estimate of drug-likeness (QED) is 0.743. The van der Waals surface area contributed by atoms with Gasteiger partial charge in [0.1, 0.15) is 11.4 Å². The zero-order valence-corrected chi connectivity index (χ0v) is 11.4. The molecular formula is C16H14N2O3. The molecule has 0 saturated heterocycles. The Bertz CT molecular complexity index is 677. The number of nitrogens with zero attached hydrogens (tertiary/aromatic N) is 2. The topological polar surface area (TPSA) is 59.0 Å². The molecule has 0 N–H and O–H groups in total. The molecule has 5 nitrogen and oxygen atoms in total. The zero-order chi connectivity index (χ0) is 14.4. The molecule has 5 heteroatoms. The molecule has 1 unspecified atom stereocenters. The zero-order valence-electron chi connectivity index (χ0n) is 11.4. The molecule has 0 fully saturated rings. The summed E-state index contributed by atoms with van der Waals surface area (Å²) >= 11 is 0. The molecule has 0 saturated carbocycles. The average Bonchev–Trinajstić information content (AvgIpc) is 2.79. The number of imide groups is 1. The number of ether oxygens (including phenoxy) is 1. The maximum atomic E-state index is 12.5. The lowest BCUT2D eigenvalue weighted by Crippen LogP contribution is -2.46. The van der Waals surface area contributed by atoms with Gasteiger partial charge < -0.3 is 4.74 Å². The van der Waals surface area contributed by atoms with E-state index in [9.17, 15) is 9.59 Å². The van der Waals surface area contributed by atoms with E-state index in [0.29, 0.717) is 35.4 Å². The molecule has 1 aromatic carbocycles. The summed E-state index contributed by atoms with van der Waals surface area (Å²) in [5.41, 5.74) is 2.05. The van der Waals surface area contributed by atoms with Crippen molar-refractivity contribution >= 4 is 23.7 Å². The van der Waals surface area contributed by atoms with Crippen LogP contribution in [0.25, 0.3) is 0 Å². The van der Waals surface area contributed by atoms with Crippen LogP contribution >= 0.6 is 0 Å². The third kappa shape index (κ3) is 1.81. The van der Waals surface area contributed by atoms with Crippen molar-refractivity contribution < 1.29 is 14.3 Å². The normalized spacial score (nSPS) is 24.0. The van der Waals surface area contributed by atoms with Crippen molar-refractivity contribution in [1.82, 2.24) is 4.90 Å². The lowest BCUT2D eigenvalue weighted by atomic mass is 9.93. The number of carbonyl (C=O) groups is 2. The van der Waals surface area contributed by atoms with E-state index in [2.05, 4.69) is 4.99 Å². The first-order valence-corrected chi connectivity index (χ1v) is 7.15. The smallest absolute Gasteiger partial charge is 0.260 e. The number of benzene rings is 1. The molecule has 1 atom stereocenters. The predicted molar refractivity (Wildman–Crippen MR) is 76.4 cm³/mol. The van der Waals surface area contributed by atoms with Crippen molar-refractivity contribution in [2.45, 2.75) is 31.9 Å². The van der Waals surface area contributed by atoms with E-state index in [1.807, 2.05) is 18.2 Å². The van der Waals surface area contributed by atoms with Gasteiger partial charge in [0.15, 0.2) is 0 Å². The molecule has 0 aromatic heterocycles. The van der Waals surface area contributed by atoms with Gasteiger partial charge in [0.2, 0.25) is 6.23 Å². The van der Waals surface area contributed by atoms with Crippen LogP contribution in [0.4, 0.5) is 5.69 Å². The summed E-state index contributed by atoms with van der Waals surface area (Å²) in [6, 6.07) is 7.33. The Morgan fingerprint density at radius 3 is 2.43 bits per heavy atom. The van der Waals surface area contributed by atoms with E-state index in [-0.39, 0.29) is 11.8 Å². The summed E-state index contributed by atoms with van der Waals surface area (Å²) < 4.78 is 5.77. The van der Waals surface area contributed by atoms with Crippen molar-refractivity contribution in [2.24, 2.45) is 4.99 Å². The van der Waals surface area contributed by atoms with E-state index in [1.54, 1.807) is 6.07 Å². The van der Waals surface area contributed by atoms with Crippen LogP contribution in [0.2, 0.25) is 0 Å². The number of carbonyl (C=O) groups excluding carboxylic acids is 2. The van der Waals surface area contributed by atoms with Gasteiger partial charge in [-0.25, -0.2) is 4.90 Å². The monoisotopic (exact) mass is 282 g/mol. The lowest BCUT2D eigenvalue weighted by Gasteiger charge is -2.27. The number of aliphatic imine (C=N–C) groups is 1. The van der Waals surface area contributed by atoms with Gasteiger partial charge in [0.05, 0.1) is 6.21 Å². The Labute approximate surface area is 121 Å². The van der Waals surface area contributed by atoms with Crippen molar-refractivity contribution in [1.29, 1.82) is 0 Å². The molecule has 2 amide bonds. The first-order valence-electron chi connectivity index (χ1n) is 7.15. The Hall–Kier alpha value is -2.43. The molecule has 0 spiro atoms. The van der Waals surface area contributed by atoms with Crippen LogP contribution in [-0.4, -0.2) is 29.2 Å². The van der Waals surface area contributed by atoms with Crippen LogP contribution in [0.5, 0.6) is 5.75 Å². The van der Waals surface area contributed by atoms with Gasteiger partial charge in [-0.15, -0.1) is 0 Å². The van der Waals surface area contributed by atoms with Crippen molar-refractivity contribution in [3.05, 3.63) is 35.4 Å². The van der Waals surface area contributed by atoms with E-state index < -0.39 is 6.23 Å². The largest absolute Gasteiger partial charge is 0.462 e. The van der Waals surface area contributed by atoms with Gasteiger partial charge in [-0.3, -0.25) is 14.6 Å². The summed E-state index contributed by atoms with van der Waals surface area (Å²) in [5.74, 6) is 0.159. The number of hydrogen-bond donors (Lipinski definition) is 0. The van der Waals surface area contributed by atoms with Gasteiger partial charge in [0, 0.05) is 11.1 Å². The minimum Gasteiger partial charge on any atom is -0.462 e. The maximum absolute atomic E-state index is 12.5. The minimum atomic E-state index is -0.745. The van der Waals surface area contributed by atoms with E-state index in [4.69, 9.17) is 4.74 Å². The van der Waals surface area contributed by atoms with Gasteiger partial charge in [0.25, 0.3) is 11.8 Å². The number of hydrogen-bond acceptors (Lipinski definition) is 4. The molecule has 106 valence electrons. The summed E-state index contributed by atoms with van der Waals surface area (Å²) in [7, 11) is 0. The second-order valence-electron chi connectivity index (χ2n) is 5.40. The molecular weight excluding hydrogens is 268 g/mol. The van der Waals surface area contributed by atoms with Crippen molar-refractivity contribution in [3.8, 4) is 5.75 Å². The fourth-order valence-electron chi connectivity index (χ4n) is 3.08. The number of amides is 2. The SMILES string of the molecule is O=C1C2=C(CCCC2)C(=O)N1C1C=Nc2ccccc2O1. The molecule has 4 rings (SSSR count). The van der Waals surface area contributed by atoms with Gasteiger partial charge in [-0.2, -0.15) is 0 Å². The minimum absolute atomic E-state index is 0.217. The molecule has 3 aliphatic rings. The summed E-state index contributed by atoms with van der Waals surface area (Å²) in [6.07, 6.45) is 4.09. The highest BCUT2D eigenvalue weighted by Gasteiger charge is 2.43. The molecule has 1 aromatic rings. The van der Waals surface area contributed by atoms with E-state index >= 15 is 0 Å². The second-order valence-corrected chi connectivity index (χ2v) is 5.40. The number of para-hydroxylation sites is 2. The van der Waals surface area contributed by atoms with Gasteiger partial charge >= 0.3 is 0 Å². The first kappa shape index (κ1) is 12.3. The standard InChI is InChI=1S/C16H14N2O3/c19-15-10-5-1-2-6-11(10)16(20)18(15)14-9-17-12-7-3-4-8-13(12)21-14/h3-4,7-9,14H,1-2,5-6H2. The molecule has 21 heavy (non-hydrogen) atoms. The molecule has 0 bridgehead atoms. The van der Waals surface area contributed by atoms with Crippen LogP contribution in [0.1, 0.15) is 25.7 Å². The highest BCUT2D eigenvalue weighted by molar-refractivity contribution is 6.20. The fourth-order valence-corrected chi connectivity index (χ4v) is 3.08. The van der Waals surface area contributed by atoms with Crippen LogP contribution in [0.3, 0.4) is 0 Å². The Morgan fingerprint density at radius 2 is 1.71 bits per heavy atom. The lowest BCUT2D eigenvalue weighted by molar-refractivity contribution is -0.143. The number of rotatable bonds is 1. The van der Waals surface area contributed by atoms with Gasteiger partial charge in [-0.1, -0.05) is 12.1 Å². The maximum Gasteiger partial charge on any atom is 0.260 e. The third-order valence-electron chi connectivity index (χ3n) is 4.13. The van der Waals surface area contributed by atoms with Crippen molar-refractivity contribution in [2.75, 3.05) is 0 Å². The molecule has 2 aliphatic heterocycles. The average molecular weight is 282 g/mol. The number of fused-ring (bicyclic) bond motifs is 1. The molecule has 1 aliphatic carbocycles. The Kier molecular flexibility index (Phi) is 2.67. The summed E-state index contributed by atoms with van der Waals surface area (Å²) in [5, 5.41) is 0. The summed E-state index contributed by atoms with van der Waals surface area (Å²) in [6.45, 7) is 0. The molecule has 0 radical (unpaired) electrons. The van der Waals surface area contributed by atoms with Crippen LogP contribution in [0.15, 0.2) is 40.4 Å². The van der Waals surface area contributed by atoms with E-state index in [0.717, 1.165) is 12.8 Å². The summed E-state index contributed by atoms with van der Waals surface area (Å²) in [4.78, 5) is 30.4.